The summed E-state index contributed by atoms with van der Waals surface area (Å²) in [4.78, 5) is 13.4. The van der Waals surface area contributed by atoms with Crippen molar-refractivity contribution in [3.63, 3.8) is 0 Å². The van der Waals surface area contributed by atoms with Crippen molar-refractivity contribution in [1.29, 1.82) is 0 Å². The Balaban J connectivity index is 1.69. The van der Waals surface area contributed by atoms with E-state index in [1.807, 2.05) is 6.07 Å². The van der Waals surface area contributed by atoms with Crippen LogP contribution in [0, 0.1) is 0 Å². The third kappa shape index (κ3) is 2.13. The molecule has 96 valence electrons. The number of aliphatic carboxylic acids is 1. The molecule has 0 spiro atoms. The third-order valence-electron chi connectivity index (χ3n) is 4.08. The number of rotatable bonds is 4. The van der Waals surface area contributed by atoms with Gasteiger partial charge < -0.3 is 10.4 Å². The van der Waals surface area contributed by atoms with Crippen LogP contribution < -0.4 is 5.32 Å². The summed E-state index contributed by atoms with van der Waals surface area (Å²) >= 11 is 0. The zero-order valence-corrected chi connectivity index (χ0v) is 10.3. The lowest BCUT2D eigenvalue weighted by molar-refractivity contribution is -0.138. The Kier molecular flexibility index (Phi) is 2.84. The van der Waals surface area contributed by atoms with E-state index in [9.17, 15) is 4.79 Å². The van der Waals surface area contributed by atoms with Crippen LogP contribution in [0.25, 0.3) is 0 Å². The van der Waals surface area contributed by atoms with Gasteiger partial charge in [-0.1, -0.05) is 30.3 Å². The van der Waals surface area contributed by atoms with Crippen LogP contribution in [0.3, 0.4) is 0 Å². The molecule has 1 aromatic rings. The first-order valence-corrected chi connectivity index (χ1v) is 6.42. The molecule has 2 aliphatic heterocycles. The molecule has 0 radical (unpaired) electrons. The number of hydrogen-bond acceptors (Lipinski definition) is 3. The van der Waals surface area contributed by atoms with Crippen molar-refractivity contribution in [2.75, 3.05) is 13.1 Å². The molecular formula is C14H18N2O2. The van der Waals surface area contributed by atoms with Crippen LogP contribution in [0.2, 0.25) is 0 Å². The second kappa shape index (κ2) is 4.37. The van der Waals surface area contributed by atoms with Crippen molar-refractivity contribution >= 4 is 5.97 Å². The number of nitrogens with zero attached hydrogens (tertiary/aromatic N) is 1. The average Bonchev–Trinajstić information content (AvgIpc) is 2.86. The molecule has 2 atom stereocenters. The summed E-state index contributed by atoms with van der Waals surface area (Å²) in [7, 11) is 0. The molecule has 2 fully saturated rings. The number of hydrogen-bond donors (Lipinski definition) is 2. The number of benzene rings is 1. The van der Waals surface area contributed by atoms with Crippen LogP contribution in [0.4, 0.5) is 0 Å². The van der Waals surface area contributed by atoms with Crippen molar-refractivity contribution in [3.8, 4) is 0 Å². The largest absolute Gasteiger partial charge is 0.481 e. The molecule has 4 heteroatoms. The second-order valence-corrected chi connectivity index (χ2v) is 5.48. The predicted octanol–water partition coefficient (Wildman–Crippen LogP) is 1.08. The van der Waals surface area contributed by atoms with Gasteiger partial charge in [0.25, 0.3) is 0 Å². The summed E-state index contributed by atoms with van der Waals surface area (Å²) in [6.07, 6.45) is 1.20. The topological polar surface area (TPSA) is 52.6 Å². The van der Waals surface area contributed by atoms with Gasteiger partial charge in [0.2, 0.25) is 0 Å². The van der Waals surface area contributed by atoms with E-state index in [0.29, 0.717) is 6.04 Å². The highest BCUT2D eigenvalue weighted by Crippen LogP contribution is 2.36. The molecule has 4 nitrogen and oxygen atoms in total. The first-order valence-electron chi connectivity index (χ1n) is 6.42. The molecule has 0 saturated carbocycles. The van der Waals surface area contributed by atoms with E-state index >= 15 is 0 Å². The van der Waals surface area contributed by atoms with E-state index in [4.69, 9.17) is 5.11 Å². The number of nitrogens with one attached hydrogen (secondary N) is 1. The quantitative estimate of drug-likeness (QED) is 0.834. The Bertz CT molecular complexity index is 448. The minimum atomic E-state index is -0.704. The van der Waals surface area contributed by atoms with Crippen LogP contribution in [0.15, 0.2) is 30.3 Å². The van der Waals surface area contributed by atoms with Crippen LogP contribution in [0.1, 0.15) is 18.4 Å². The van der Waals surface area contributed by atoms with Gasteiger partial charge in [-0.25, -0.2) is 0 Å². The number of likely N-dealkylation sites (tertiary alicyclic amines) is 1. The normalized spacial score (nSPS) is 30.8. The lowest BCUT2D eigenvalue weighted by Crippen LogP contribution is -2.52. The number of carboxylic acid groups (broad SMARTS) is 1. The lowest BCUT2D eigenvalue weighted by atomic mass is 9.96. The van der Waals surface area contributed by atoms with Gasteiger partial charge in [0.1, 0.15) is 0 Å². The predicted molar refractivity (Wildman–Crippen MR) is 68.2 cm³/mol. The van der Waals surface area contributed by atoms with Gasteiger partial charge in [0, 0.05) is 31.2 Å². The maximum atomic E-state index is 10.9. The summed E-state index contributed by atoms with van der Waals surface area (Å²) in [6.45, 7) is 2.69. The first kappa shape index (κ1) is 11.7. The van der Waals surface area contributed by atoms with Crippen LogP contribution in [-0.2, 0) is 11.3 Å². The minimum Gasteiger partial charge on any atom is -0.481 e. The summed E-state index contributed by atoms with van der Waals surface area (Å²) < 4.78 is 0. The molecule has 3 rings (SSSR count). The van der Waals surface area contributed by atoms with Gasteiger partial charge in [0.05, 0.1) is 6.42 Å². The van der Waals surface area contributed by atoms with Crippen molar-refractivity contribution in [3.05, 3.63) is 35.9 Å². The fourth-order valence-electron chi connectivity index (χ4n) is 3.31. The maximum absolute atomic E-state index is 10.9. The van der Waals surface area contributed by atoms with Crippen molar-refractivity contribution in [1.82, 2.24) is 10.2 Å². The fraction of sp³-hybridized carbons (Fsp3) is 0.500. The van der Waals surface area contributed by atoms with E-state index in [0.717, 1.165) is 26.1 Å². The average molecular weight is 246 g/mol. The Hall–Kier alpha value is -1.39. The standard InChI is InChI=1S/C14H18N2O2/c17-13(18)7-14-6-12(8-15-14)16(10-14)9-11-4-2-1-3-5-11/h1-5,12,15H,6-10H2,(H,17,18). The van der Waals surface area contributed by atoms with Crippen LogP contribution in [0.5, 0.6) is 0 Å². The Morgan fingerprint density at radius 3 is 2.94 bits per heavy atom. The first-order chi connectivity index (χ1) is 8.67. The van der Waals surface area contributed by atoms with Crippen LogP contribution >= 0.6 is 0 Å². The molecule has 0 aliphatic carbocycles. The smallest absolute Gasteiger partial charge is 0.305 e. The number of carbonyl (C=O) groups is 1. The van der Waals surface area contributed by atoms with E-state index in [1.54, 1.807) is 0 Å². The molecule has 2 saturated heterocycles. The van der Waals surface area contributed by atoms with Gasteiger partial charge >= 0.3 is 5.97 Å². The van der Waals surface area contributed by atoms with E-state index < -0.39 is 5.97 Å². The highest BCUT2D eigenvalue weighted by molar-refractivity contribution is 5.68. The minimum absolute atomic E-state index is 0.189. The van der Waals surface area contributed by atoms with Gasteiger partial charge in [-0.3, -0.25) is 9.69 Å². The number of carboxylic acids is 1. The molecule has 2 aliphatic rings. The second-order valence-electron chi connectivity index (χ2n) is 5.48. The van der Waals surface area contributed by atoms with Gasteiger partial charge in [-0.15, -0.1) is 0 Å². The summed E-state index contributed by atoms with van der Waals surface area (Å²) in [5, 5.41) is 12.4. The molecule has 2 unspecified atom stereocenters. The zero-order chi connectivity index (χ0) is 12.6. The molecule has 2 heterocycles. The highest BCUT2D eigenvalue weighted by atomic mass is 16.4. The van der Waals surface area contributed by atoms with Crippen molar-refractivity contribution < 1.29 is 9.90 Å². The van der Waals surface area contributed by atoms with E-state index in [2.05, 4.69) is 34.5 Å². The Labute approximate surface area is 107 Å². The Morgan fingerprint density at radius 1 is 1.44 bits per heavy atom. The maximum Gasteiger partial charge on any atom is 0.305 e. The summed E-state index contributed by atoms with van der Waals surface area (Å²) in [5.74, 6) is -0.704. The molecule has 1 aromatic carbocycles. The highest BCUT2D eigenvalue weighted by Gasteiger charge is 2.49. The van der Waals surface area contributed by atoms with E-state index in [1.165, 1.54) is 5.56 Å². The van der Waals surface area contributed by atoms with E-state index in [-0.39, 0.29) is 12.0 Å². The number of fused-ring (bicyclic) bond motifs is 2. The van der Waals surface area contributed by atoms with Gasteiger partial charge in [-0.2, -0.15) is 0 Å². The fourth-order valence-corrected chi connectivity index (χ4v) is 3.31. The lowest BCUT2D eigenvalue weighted by Gasteiger charge is -2.32. The SMILES string of the molecule is O=C(O)CC12CC(CN1)N(Cc1ccccc1)C2. The van der Waals surface area contributed by atoms with Crippen molar-refractivity contribution in [2.24, 2.45) is 0 Å². The zero-order valence-electron chi connectivity index (χ0n) is 10.3. The molecular weight excluding hydrogens is 228 g/mol. The van der Waals surface area contributed by atoms with Gasteiger partial charge in [0.15, 0.2) is 0 Å². The molecule has 18 heavy (non-hydrogen) atoms. The monoisotopic (exact) mass is 246 g/mol. The molecule has 0 aromatic heterocycles. The molecule has 2 N–H and O–H groups in total. The number of piperazine rings is 1. The molecule has 2 bridgehead atoms. The van der Waals surface area contributed by atoms with Crippen molar-refractivity contribution in [2.45, 2.75) is 31.0 Å². The third-order valence-corrected chi connectivity index (χ3v) is 4.08. The molecule has 0 amide bonds. The van der Waals surface area contributed by atoms with Gasteiger partial charge in [-0.05, 0) is 12.0 Å². The summed E-state index contributed by atoms with van der Waals surface area (Å²) in [6, 6.07) is 10.9. The Morgan fingerprint density at radius 2 is 2.22 bits per heavy atom. The summed E-state index contributed by atoms with van der Waals surface area (Å²) in [5.41, 5.74) is 1.11. The van der Waals surface area contributed by atoms with Crippen LogP contribution in [-0.4, -0.2) is 40.6 Å².